The molecular weight excluding hydrogens is 340 g/mol. The lowest BCUT2D eigenvalue weighted by atomic mass is 9.92. The van der Waals surface area contributed by atoms with E-state index in [1.54, 1.807) is 0 Å². The highest BCUT2D eigenvalue weighted by molar-refractivity contribution is 7.80. The van der Waals surface area contributed by atoms with Crippen LogP contribution in [-0.2, 0) is 0 Å². The van der Waals surface area contributed by atoms with Crippen molar-refractivity contribution in [2.75, 3.05) is 10.2 Å². The van der Waals surface area contributed by atoms with Crippen molar-refractivity contribution >= 4 is 28.8 Å². The van der Waals surface area contributed by atoms with Gasteiger partial charge in [0.25, 0.3) is 0 Å². The Morgan fingerprint density at radius 3 is 2.38 bits per heavy atom. The molecule has 4 nitrogen and oxygen atoms in total. The summed E-state index contributed by atoms with van der Waals surface area (Å²) in [6.07, 6.45) is 0. The molecule has 0 aliphatic carbocycles. The lowest BCUT2D eigenvalue weighted by Gasteiger charge is -2.38. The van der Waals surface area contributed by atoms with E-state index in [9.17, 15) is 0 Å². The SMILES string of the molecule is Cc1[nH]nc2c1C(c1ccc(C(C)C)cc1)N(c1ccccc1)C(=S)N2. The van der Waals surface area contributed by atoms with E-state index in [0.717, 1.165) is 22.8 Å². The number of benzene rings is 2. The first-order chi connectivity index (χ1) is 12.6. The van der Waals surface area contributed by atoms with Crippen molar-refractivity contribution in [1.82, 2.24) is 10.2 Å². The lowest BCUT2D eigenvalue weighted by Crippen LogP contribution is -2.42. The second-order valence-corrected chi connectivity index (χ2v) is 7.36. The van der Waals surface area contributed by atoms with Crippen LogP contribution in [0.3, 0.4) is 0 Å². The fraction of sp³-hybridized carbons (Fsp3) is 0.238. The second kappa shape index (κ2) is 6.57. The zero-order valence-electron chi connectivity index (χ0n) is 15.2. The minimum atomic E-state index is -0.0129. The van der Waals surface area contributed by atoms with E-state index in [-0.39, 0.29) is 6.04 Å². The zero-order valence-corrected chi connectivity index (χ0v) is 16.0. The molecule has 0 saturated carbocycles. The monoisotopic (exact) mass is 362 g/mol. The minimum absolute atomic E-state index is 0.0129. The van der Waals surface area contributed by atoms with Crippen molar-refractivity contribution in [3.8, 4) is 0 Å². The Morgan fingerprint density at radius 2 is 1.73 bits per heavy atom. The van der Waals surface area contributed by atoms with E-state index in [4.69, 9.17) is 12.2 Å². The number of aryl methyl sites for hydroxylation is 1. The molecule has 0 fully saturated rings. The average molecular weight is 363 g/mol. The highest BCUT2D eigenvalue weighted by Crippen LogP contribution is 2.41. The van der Waals surface area contributed by atoms with Gasteiger partial charge in [-0.1, -0.05) is 56.3 Å². The molecule has 0 amide bonds. The molecule has 0 bridgehead atoms. The van der Waals surface area contributed by atoms with Crippen LogP contribution in [0.2, 0.25) is 0 Å². The Labute approximate surface area is 159 Å². The summed E-state index contributed by atoms with van der Waals surface area (Å²) in [5.74, 6) is 1.33. The predicted molar refractivity (Wildman–Crippen MR) is 111 cm³/mol. The van der Waals surface area contributed by atoms with Crippen molar-refractivity contribution in [1.29, 1.82) is 0 Å². The summed E-state index contributed by atoms with van der Waals surface area (Å²) in [5.41, 5.74) is 5.79. The number of nitrogens with one attached hydrogen (secondary N) is 2. The van der Waals surface area contributed by atoms with E-state index >= 15 is 0 Å². The van der Waals surface area contributed by atoms with Gasteiger partial charge in [0.2, 0.25) is 0 Å². The Morgan fingerprint density at radius 1 is 1.04 bits per heavy atom. The lowest BCUT2D eigenvalue weighted by molar-refractivity contribution is 0.819. The maximum atomic E-state index is 5.70. The molecule has 5 heteroatoms. The third-order valence-corrected chi connectivity index (χ3v) is 5.22. The van der Waals surface area contributed by atoms with E-state index in [0.29, 0.717) is 11.0 Å². The third-order valence-electron chi connectivity index (χ3n) is 4.92. The number of para-hydroxylation sites is 1. The Kier molecular flexibility index (Phi) is 4.24. The van der Waals surface area contributed by atoms with Crippen molar-refractivity contribution in [3.05, 3.63) is 77.0 Å². The number of hydrogen-bond acceptors (Lipinski definition) is 2. The van der Waals surface area contributed by atoms with Crippen LogP contribution >= 0.6 is 12.2 Å². The van der Waals surface area contributed by atoms with Crippen molar-refractivity contribution in [3.63, 3.8) is 0 Å². The largest absolute Gasteiger partial charge is 0.315 e. The number of hydrogen-bond donors (Lipinski definition) is 2. The minimum Gasteiger partial charge on any atom is -0.315 e. The molecule has 132 valence electrons. The van der Waals surface area contributed by atoms with Gasteiger partial charge in [0.15, 0.2) is 10.9 Å². The van der Waals surface area contributed by atoms with E-state index in [1.807, 2.05) is 18.2 Å². The molecule has 2 aromatic carbocycles. The first-order valence-corrected chi connectivity index (χ1v) is 9.27. The Balaban J connectivity index is 1.88. The molecular formula is C21H22N4S. The van der Waals surface area contributed by atoms with Crippen LogP contribution in [0.4, 0.5) is 11.5 Å². The van der Waals surface area contributed by atoms with Crippen LogP contribution in [0.25, 0.3) is 0 Å². The Bertz CT molecular complexity index is 928. The Hall–Kier alpha value is -2.66. The highest BCUT2D eigenvalue weighted by Gasteiger charge is 2.35. The molecule has 2 N–H and O–H groups in total. The summed E-state index contributed by atoms with van der Waals surface area (Å²) in [4.78, 5) is 2.17. The van der Waals surface area contributed by atoms with Crippen LogP contribution in [-0.4, -0.2) is 15.3 Å². The molecule has 0 saturated heterocycles. The first-order valence-electron chi connectivity index (χ1n) is 8.86. The number of fused-ring (bicyclic) bond motifs is 1. The summed E-state index contributed by atoms with van der Waals surface area (Å²) in [5, 5.41) is 11.4. The molecule has 26 heavy (non-hydrogen) atoms. The molecule has 1 aliphatic heterocycles. The fourth-order valence-electron chi connectivity index (χ4n) is 3.51. The number of aromatic nitrogens is 2. The summed E-state index contributed by atoms with van der Waals surface area (Å²) < 4.78 is 0. The van der Waals surface area contributed by atoms with Crippen molar-refractivity contribution in [2.45, 2.75) is 32.7 Å². The maximum absolute atomic E-state index is 5.70. The normalized spacial score (nSPS) is 16.5. The van der Waals surface area contributed by atoms with Gasteiger partial charge in [-0.25, -0.2) is 0 Å². The fourth-order valence-corrected chi connectivity index (χ4v) is 3.82. The summed E-state index contributed by atoms with van der Waals surface area (Å²) >= 11 is 5.70. The summed E-state index contributed by atoms with van der Waals surface area (Å²) in [7, 11) is 0. The summed E-state index contributed by atoms with van der Waals surface area (Å²) in [6.45, 7) is 6.48. The molecule has 0 radical (unpaired) electrons. The van der Waals surface area contributed by atoms with Gasteiger partial charge < -0.3 is 10.2 Å². The molecule has 4 rings (SSSR count). The second-order valence-electron chi connectivity index (χ2n) is 6.97. The van der Waals surface area contributed by atoms with Gasteiger partial charge in [0.05, 0.1) is 6.04 Å². The maximum Gasteiger partial charge on any atom is 0.180 e. The first kappa shape index (κ1) is 16.8. The number of rotatable bonds is 3. The predicted octanol–water partition coefficient (Wildman–Crippen LogP) is 5.15. The van der Waals surface area contributed by atoms with Gasteiger partial charge in [-0.15, -0.1) is 0 Å². The number of H-pyrrole nitrogens is 1. The van der Waals surface area contributed by atoms with Crippen molar-refractivity contribution < 1.29 is 0 Å². The molecule has 1 atom stereocenters. The smallest absolute Gasteiger partial charge is 0.180 e. The van der Waals surface area contributed by atoms with Crippen molar-refractivity contribution in [2.24, 2.45) is 0 Å². The summed E-state index contributed by atoms with van der Waals surface area (Å²) in [6, 6.07) is 19.1. The average Bonchev–Trinajstić information content (AvgIpc) is 3.02. The van der Waals surface area contributed by atoms with Gasteiger partial charge in [-0.05, 0) is 48.3 Å². The van der Waals surface area contributed by atoms with Crippen LogP contribution in [0, 0.1) is 6.92 Å². The highest BCUT2D eigenvalue weighted by atomic mass is 32.1. The van der Waals surface area contributed by atoms with Gasteiger partial charge in [0, 0.05) is 16.9 Å². The number of nitrogens with zero attached hydrogens (tertiary/aromatic N) is 2. The van der Waals surface area contributed by atoms with E-state index in [1.165, 1.54) is 11.1 Å². The van der Waals surface area contributed by atoms with Gasteiger partial charge in [-0.2, -0.15) is 5.10 Å². The third kappa shape index (κ3) is 2.78. The number of anilines is 2. The quantitative estimate of drug-likeness (QED) is 0.633. The number of aromatic amines is 1. The van der Waals surface area contributed by atoms with Gasteiger partial charge in [0.1, 0.15) is 0 Å². The zero-order chi connectivity index (χ0) is 18.3. The topological polar surface area (TPSA) is 44.0 Å². The standard InChI is InChI=1S/C21H22N4S/c1-13(2)15-9-11-16(12-10-15)19-18-14(3)23-24-20(18)22-21(26)25(19)17-7-5-4-6-8-17/h4-13,19H,1-3H3,(H2,22,23,24,26). The molecule has 1 aromatic heterocycles. The molecule has 3 aromatic rings. The molecule has 1 unspecified atom stereocenters. The van der Waals surface area contributed by atoms with E-state index < -0.39 is 0 Å². The molecule has 0 spiro atoms. The van der Waals surface area contributed by atoms with E-state index in [2.05, 4.69) is 77.6 Å². The molecule has 2 heterocycles. The van der Waals surface area contributed by atoms with Gasteiger partial charge >= 0.3 is 0 Å². The van der Waals surface area contributed by atoms with Gasteiger partial charge in [-0.3, -0.25) is 5.10 Å². The van der Waals surface area contributed by atoms with Crippen LogP contribution in [0.1, 0.15) is 48.2 Å². The van der Waals surface area contributed by atoms with Crippen LogP contribution < -0.4 is 10.2 Å². The van der Waals surface area contributed by atoms with Crippen LogP contribution in [0.15, 0.2) is 54.6 Å². The van der Waals surface area contributed by atoms with Crippen LogP contribution in [0.5, 0.6) is 0 Å². The molecule has 1 aliphatic rings. The number of thiocarbonyl (C=S) groups is 1.